The van der Waals surface area contributed by atoms with Crippen LogP contribution in [0.25, 0.3) is 0 Å². The van der Waals surface area contributed by atoms with Gasteiger partial charge in [-0.3, -0.25) is 4.79 Å². The number of rotatable bonds is 1. The van der Waals surface area contributed by atoms with Crippen LogP contribution in [0.15, 0.2) is 18.2 Å². The van der Waals surface area contributed by atoms with Crippen molar-refractivity contribution in [2.45, 2.75) is 5.92 Å². The Bertz CT molecular complexity index is 392. The molecule has 1 unspecified atom stereocenters. The molecule has 0 bridgehead atoms. The number of halogens is 1. The van der Waals surface area contributed by atoms with Gasteiger partial charge >= 0.3 is 0 Å². The SMILES string of the molecule is CN1C(=O)C(CN)c2cccc(Cl)c21. The van der Waals surface area contributed by atoms with Crippen molar-refractivity contribution in [3.8, 4) is 0 Å². The van der Waals surface area contributed by atoms with E-state index in [0.717, 1.165) is 11.3 Å². The standard InChI is InChI=1S/C10H11ClN2O/c1-13-9-6(3-2-4-8(9)11)7(5-12)10(13)14/h2-4,7H,5,12H2,1H3. The number of likely N-dealkylation sites (N-methyl/N-ethyl adjacent to an activating group) is 1. The number of benzene rings is 1. The maximum absolute atomic E-state index is 11.7. The highest BCUT2D eigenvalue weighted by molar-refractivity contribution is 6.34. The van der Waals surface area contributed by atoms with E-state index < -0.39 is 0 Å². The molecular formula is C10H11ClN2O. The Morgan fingerprint density at radius 2 is 2.29 bits per heavy atom. The van der Waals surface area contributed by atoms with E-state index in [1.165, 1.54) is 0 Å². The van der Waals surface area contributed by atoms with E-state index in [-0.39, 0.29) is 11.8 Å². The van der Waals surface area contributed by atoms with E-state index in [1.807, 2.05) is 12.1 Å². The Morgan fingerprint density at radius 1 is 1.57 bits per heavy atom. The fraction of sp³-hybridized carbons (Fsp3) is 0.300. The highest BCUT2D eigenvalue weighted by Crippen LogP contribution is 2.40. The maximum atomic E-state index is 11.7. The summed E-state index contributed by atoms with van der Waals surface area (Å²) in [4.78, 5) is 13.3. The number of nitrogens with two attached hydrogens (primary N) is 1. The van der Waals surface area contributed by atoms with Gasteiger partial charge in [-0.15, -0.1) is 0 Å². The van der Waals surface area contributed by atoms with Crippen molar-refractivity contribution in [2.75, 3.05) is 18.5 Å². The van der Waals surface area contributed by atoms with E-state index in [9.17, 15) is 4.79 Å². The number of amides is 1. The highest BCUT2D eigenvalue weighted by atomic mass is 35.5. The van der Waals surface area contributed by atoms with Crippen LogP contribution in [0.1, 0.15) is 11.5 Å². The van der Waals surface area contributed by atoms with Crippen LogP contribution in [-0.4, -0.2) is 19.5 Å². The maximum Gasteiger partial charge on any atom is 0.235 e. The second-order valence-corrected chi connectivity index (χ2v) is 3.77. The molecule has 1 aromatic carbocycles. The molecular weight excluding hydrogens is 200 g/mol. The Labute approximate surface area is 87.4 Å². The van der Waals surface area contributed by atoms with E-state index >= 15 is 0 Å². The minimum Gasteiger partial charge on any atom is -0.329 e. The molecule has 4 heteroatoms. The first-order chi connectivity index (χ1) is 6.66. The smallest absolute Gasteiger partial charge is 0.235 e. The fourth-order valence-electron chi connectivity index (χ4n) is 1.87. The van der Waals surface area contributed by atoms with Crippen LogP contribution in [0.3, 0.4) is 0 Å². The molecule has 1 heterocycles. The summed E-state index contributed by atoms with van der Waals surface area (Å²) in [5, 5.41) is 0.606. The molecule has 2 N–H and O–H groups in total. The van der Waals surface area contributed by atoms with Gasteiger partial charge in [0.1, 0.15) is 0 Å². The van der Waals surface area contributed by atoms with Gasteiger partial charge in [-0.1, -0.05) is 23.7 Å². The third-order valence-corrected chi connectivity index (χ3v) is 2.90. The van der Waals surface area contributed by atoms with Crippen molar-refractivity contribution in [1.82, 2.24) is 0 Å². The molecule has 0 spiro atoms. The normalized spacial score (nSPS) is 20.1. The largest absolute Gasteiger partial charge is 0.329 e. The summed E-state index contributed by atoms with van der Waals surface area (Å²) in [5.74, 6) is -0.204. The van der Waals surface area contributed by atoms with Crippen LogP contribution < -0.4 is 10.6 Å². The minimum absolute atomic E-state index is 0.0237. The third-order valence-electron chi connectivity index (χ3n) is 2.59. The second kappa shape index (κ2) is 3.26. The van der Waals surface area contributed by atoms with Crippen LogP contribution in [0.2, 0.25) is 5.02 Å². The summed E-state index contributed by atoms with van der Waals surface area (Å²) in [6.07, 6.45) is 0. The van der Waals surface area contributed by atoms with Gasteiger partial charge in [-0.25, -0.2) is 0 Å². The van der Waals surface area contributed by atoms with Crippen molar-refractivity contribution in [2.24, 2.45) is 5.73 Å². The molecule has 0 aromatic heterocycles. The zero-order valence-electron chi connectivity index (χ0n) is 7.83. The van der Waals surface area contributed by atoms with Crippen LogP contribution >= 0.6 is 11.6 Å². The lowest BCUT2D eigenvalue weighted by Gasteiger charge is -2.11. The Hall–Kier alpha value is -1.06. The zero-order chi connectivity index (χ0) is 10.3. The van der Waals surface area contributed by atoms with Crippen molar-refractivity contribution >= 4 is 23.2 Å². The summed E-state index contributed by atoms with van der Waals surface area (Å²) in [5.41, 5.74) is 7.30. The lowest BCUT2D eigenvalue weighted by Crippen LogP contribution is -2.27. The molecule has 0 saturated carbocycles. The Kier molecular flexibility index (Phi) is 2.21. The molecule has 2 rings (SSSR count). The summed E-state index contributed by atoms with van der Waals surface area (Å²) in [7, 11) is 1.72. The van der Waals surface area contributed by atoms with E-state index in [1.54, 1.807) is 18.0 Å². The predicted octanol–water partition coefficient (Wildman–Crippen LogP) is 1.36. The van der Waals surface area contributed by atoms with E-state index in [2.05, 4.69) is 0 Å². The number of anilines is 1. The average Bonchev–Trinajstić information content (AvgIpc) is 2.41. The highest BCUT2D eigenvalue weighted by Gasteiger charge is 2.35. The van der Waals surface area contributed by atoms with Gasteiger partial charge in [-0.2, -0.15) is 0 Å². The number of nitrogens with zero attached hydrogens (tertiary/aromatic N) is 1. The molecule has 74 valence electrons. The number of fused-ring (bicyclic) bond motifs is 1. The topological polar surface area (TPSA) is 46.3 Å². The van der Waals surface area contributed by atoms with Crippen molar-refractivity contribution in [3.05, 3.63) is 28.8 Å². The van der Waals surface area contributed by atoms with Crippen molar-refractivity contribution in [3.63, 3.8) is 0 Å². The molecule has 0 radical (unpaired) electrons. The third kappa shape index (κ3) is 1.13. The first-order valence-electron chi connectivity index (χ1n) is 4.43. The molecule has 0 aliphatic carbocycles. The molecule has 1 aliphatic rings. The molecule has 1 amide bonds. The Balaban J connectivity index is 2.61. The average molecular weight is 211 g/mol. The molecule has 14 heavy (non-hydrogen) atoms. The lowest BCUT2D eigenvalue weighted by molar-refractivity contribution is -0.118. The molecule has 1 atom stereocenters. The number of hydrogen-bond donors (Lipinski definition) is 1. The van der Waals surface area contributed by atoms with Crippen LogP contribution in [0.4, 0.5) is 5.69 Å². The van der Waals surface area contributed by atoms with Crippen LogP contribution in [-0.2, 0) is 4.79 Å². The Morgan fingerprint density at radius 3 is 2.93 bits per heavy atom. The van der Waals surface area contributed by atoms with Crippen LogP contribution in [0, 0.1) is 0 Å². The van der Waals surface area contributed by atoms with Crippen molar-refractivity contribution in [1.29, 1.82) is 0 Å². The number of hydrogen-bond acceptors (Lipinski definition) is 2. The van der Waals surface area contributed by atoms with Crippen molar-refractivity contribution < 1.29 is 4.79 Å². The molecule has 0 fully saturated rings. The first-order valence-corrected chi connectivity index (χ1v) is 4.80. The fourth-order valence-corrected chi connectivity index (χ4v) is 2.18. The molecule has 1 aromatic rings. The van der Waals surface area contributed by atoms with Crippen LogP contribution in [0.5, 0.6) is 0 Å². The van der Waals surface area contributed by atoms with Gasteiger partial charge in [0.15, 0.2) is 0 Å². The number of para-hydroxylation sites is 1. The summed E-state index contributed by atoms with van der Waals surface area (Å²) in [6.45, 7) is 0.330. The van der Waals surface area contributed by atoms with Gasteiger partial charge < -0.3 is 10.6 Å². The number of carbonyl (C=O) groups excluding carboxylic acids is 1. The summed E-state index contributed by atoms with van der Waals surface area (Å²) >= 11 is 6.02. The summed E-state index contributed by atoms with van der Waals surface area (Å²) < 4.78 is 0. The second-order valence-electron chi connectivity index (χ2n) is 3.36. The first kappa shape index (κ1) is 9.49. The lowest BCUT2D eigenvalue weighted by atomic mass is 10.0. The van der Waals surface area contributed by atoms with E-state index in [0.29, 0.717) is 11.6 Å². The molecule has 3 nitrogen and oxygen atoms in total. The predicted molar refractivity (Wildman–Crippen MR) is 56.7 cm³/mol. The quantitative estimate of drug-likeness (QED) is 0.761. The monoisotopic (exact) mass is 210 g/mol. The summed E-state index contributed by atoms with van der Waals surface area (Å²) in [6, 6.07) is 5.53. The molecule has 0 saturated heterocycles. The minimum atomic E-state index is -0.228. The van der Waals surface area contributed by atoms with Gasteiger partial charge in [0, 0.05) is 13.6 Å². The van der Waals surface area contributed by atoms with Gasteiger partial charge in [0.05, 0.1) is 16.6 Å². The zero-order valence-corrected chi connectivity index (χ0v) is 8.58. The van der Waals surface area contributed by atoms with E-state index in [4.69, 9.17) is 17.3 Å². The van der Waals surface area contributed by atoms with Gasteiger partial charge in [0.25, 0.3) is 0 Å². The van der Waals surface area contributed by atoms with Gasteiger partial charge in [0.2, 0.25) is 5.91 Å². The van der Waals surface area contributed by atoms with Gasteiger partial charge in [-0.05, 0) is 11.6 Å². The number of carbonyl (C=O) groups is 1. The molecule has 1 aliphatic heterocycles.